The first-order valence-electron chi connectivity index (χ1n) is 10.8. The molecule has 2 aromatic carbocycles. The van der Waals surface area contributed by atoms with E-state index in [1.807, 2.05) is 0 Å². The second kappa shape index (κ2) is 9.67. The van der Waals surface area contributed by atoms with Crippen LogP contribution in [0.1, 0.15) is 40.2 Å². The van der Waals surface area contributed by atoms with Gasteiger partial charge in [-0.1, -0.05) is 12.1 Å². The summed E-state index contributed by atoms with van der Waals surface area (Å²) in [5, 5.41) is 1.98. The van der Waals surface area contributed by atoms with Crippen molar-refractivity contribution in [1.82, 2.24) is 9.88 Å². The lowest BCUT2D eigenvalue weighted by molar-refractivity contribution is 0.0713. The van der Waals surface area contributed by atoms with E-state index in [0.29, 0.717) is 32.0 Å². The summed E-state index contributed by atoms with van der Waals surface area (Å²) in [5.74, 6) is -2.40. The van der Waals surface area contributed by atoms with Gasteiger partial charge in [0.2, 0.25) is 0 Å². The number of piperidine rings is 1. The van der Waals surface area contributed by atoms with Gasteiger partial charge in [-0.15, -0.1) is 0 Å². The van der Waals surface area contributed by atoms with Gasteiger partial charge in [0.15, 0.2) is 5.03 Å². The van der Waals surface area contributed by atoms with Crippen LogP contribution in [-0.4, -0.2) is 41.9 Å². The van der Waals surface area contributed by atoms with Crippen molar-refractivity contribution >= 4 is 27.4 Å². The Kier molecular flexibility index (Phi) is 6.82. The van der Waals surface area contributed by atoms with E-state index in [1.165, 1.54) is 19.1 Å². The van der Waals surface area contributed by atoms with Gasteiger partial charge in [-0.05, 0) is 55.5 Å². The van der Waals surface area contributed by atoms with Crippen molar-refractivity contribution < 1.29 is 30.9 Å². The Morgan fingerprint density at radius 1 is 1.06 bits per heavy atom. The minimum atomic E-state index is -4.73. The maximum atomic E-state index is 14.3. The van der Waals surface area contributed by atoms with Crippen molar-refractivity contribution in [1.29, 1.82) is 0 Å². The van der Waals surface area contributed by atoms with Gasteiger partial charge in [-0.25, -0.2) is 18.2 Å². The normalized spacial score (nSPS) is 14.7. The lowest BCUT2D eigenvalue weighted by atomic mass is 9.89. The number of carbonyl (C=O) groups is 1. The van der Waals surface area contributed by atoms with Crippen LogP contribution in [0.3, 0.4) is 0 Å². The fourth-order valence-electron chi connectivity index (χ4n) is 4.22. The predicted molar refractivity (Wildman–Crippen MR) is 123 cm³/mol. The van der Waals surface area contributed by atoms with Gasteiger partial charge in [0.05, 0.1) is 16.9 Å². The quantitative estimate of drug-likeness (QED) is 0.483. The van der Waals surface area contributed by atoms with Crippen LogP contribution in [0.4, 0.5) is 24.5 Å². The van der Waals surface area contributed by atoms with Gasteiger partial charge in [-0.2, -0.15) is 8.42 Å². The monoisotopic (exact) mass is 505 g/mol. The van der Waals surface area contributed by atoms with Crippen LogP contribution in [0.2, 0.25) is 0 Å². The SMILES string of the molecule is Cc1c(S(=O)(=O)O)ncc(C(=O)N2CCC(c3ccc(F)cc3)CC2)c1Nc1ccc(F)cc1F. The molecule has 0 bridgehead atoms. The van der Waals surface area contributed by atoms with Crippen molar-refractivity contribution in [3.8, 4) is 0 Å². The average molecular weight is 506 g/mol. The Hall–Kier alpha value is -3.44. The summed E-state index contributed by atoms with van der Waals surface area (Å²) in [4.78, 5) is 18.7. The topological polar surface area (TPSA) is 99.6 Å². The summed E-state index contributed by atoms with van der Waals surface area (Å²) in [6.45, 7) is 2.08. The molecule has 1 aromatic heterocycles. The number of carbonyl (C=O) groups excluding carboxylic acids is 1. The van der Waals surface area contributed by atoms with E-state index in [2.05, 4.69) is 10.3 Å². The number of pyridine rings is 1. The van der Waals surface area contributed by atoms with Crippen LogP contribution in [0.5, 0.6) is 0 Å². The first kappa shape index (κ1) is 24.7. The molecule has 1 amide bonds. The Morgan fingerprint density at radius 2 is 1.69 bits per heavy atom. The molecule has 184 valence electrons. The lowest BCUT2D eigenvalue weighted by Gasteiger charge is -2.33. The van der Waals surface area contributed by atoms with Crippen molar-refractivity contribution in [2.24, 2.45) is 0 Å². The van der Waals surface area contributed by atoms with Gasteiger partial charge >= 0.3 is 10.1 Å². The van der Waals surface area contributed by atoms with E-state index in [0.717, 1.165) is 23.9 Å². The van der Waals surface area contributed by atoms with Crippen LogP contribution in [0.15, 0.2) is 53.7 Å². The van der Waals surface area contributed by atoms with E-state index in [-0.39, 0.29) is 34.2 Å². The first-order valence-corrected chi connectivity index (χ1v) is 12.2. The summed E-state index contributed by atoms with van der Waals surface area (Å²) in [7, 11) is -4.73. The smallest absolute Gasteiger partial charge is 0.312 e. The highest BCUT2D eigenvalue weighted by Crippen LogP contribution is 2.33. The number of hydrogen-bond acceptors (Lipinski definition) is 5. The second-order valence-electron chi connectivity index (χ2n) is 8.32. The van der Waals surface area contributed by atoms with Crippen molar-refractivity contribution in [2.75, 3.05) is 18.4 Å². The number of nitrogens with zero attached hydrogens (tertiary/aromatic N) is 2. The molecule has 11 heteroatoms. The molecule has 1 aliphatic rings. The second-order valence-corrected chi connectivity index (χ2v) is 9.66. The lowest BCUT2D eigenvalue weighted by Crippen LogP contribution is -2.38. The van der Waals surface area contributed by atoms with Crippen molar-refractivity contribution in [3.63, 3.8) is 0 Å². The average Bonchev–Trinajstić information content (AvgIpc) is 2.81. The van der Waals surface area contributed by atoms with Crippen molar-refractivity contribution in [3.05, 3.63) is 82.8 Å². The summed E-state index contributed by atoms with van der Waals surface area (Å²) in [5.41, 5.74) is 0.597. The predicted octanol–water partition coefficient (Wildman–Crippen LogP) is 4.82. The number of anilines is 2. The van der Waals surface area contributed by atoms with E-state index in [4.69, 9.17) is 0 Å². The van der Waals surface area contributed by atoms with Gasteiger partial charge < -0.3 is 10.2 Å². The molecule has 1 saturated heterocycles. The number of amides is 1. The summed E-state index contributed by atoms with van der Waals surface area (Å²) < 4.78 is 73.9. The number of benzene rings is 2. The number of hydrogen-bond donors (Lipinski definition) is 2. The van der Waals surface area contributed by atoms with Crippen LogP contribution in [0, 0.1) is 24.4 Å². The molecule has 35 heavy (non-hydrogen) atoms. The van der Waals surface area contributed by atoms with Crippen LogP contribution in [-0.2, 0) is 10.1 Å². The Labute approximate surface area is 200 Å². The van der Waals surface area contributed by atoms with Gasteiger partial charge in [0.25, 0.3) is 5.91 Å². The molecule has 1 aliphatic heterocycles. The van der Waals surface area contributed by atoms with Crippen LogP contribution < -0.4 is 5.32 Å². The fraction of sp³-hybridized carbons (Fsp3) is 0.250. The molecule has 0 aliphatic carbocycles. The third kappa shape index (κ3) is 5.30. The minimum Gasteiger partial charge on any atom is -0.352 e. The highest BCUT2D eigenvalue weighted by molar-refractivity contribution is 7.85. The number of halogens is 3. The molecule has 2 N–H and O–H groups in total. The highest BCUT2D eigenvalue weighted by Gasteiger charge is 2.29. The van der Waals surface area contributed by atoms with Gasteiger partial charge in [0, 0.05) is 30.9 Å². The Bertz CT molecular complexity index is 1370. The first-order chi connectivity index (χ1) is 16.5. The van der Waals surface area contributed by atoms with Crippen LogP contribution >= 0.6 is 0 Å². The molecule has 0 spiro atoms. The molecule has 0 saturated carbocycles. The number of rotatable bonds is 5. The third-order valence-electron chi connectivity index (χ3n) is 6.07. The maximum absolute atomic E-state index is 14.3. The number of aromatic nitrogens is 1. The number of likely N-dealkylation sites (tertiary alicyclic amines) is 1. The van der Waals surface area contributed by atoms with E-state index < -0.39 is 32.7 Å². The largest absolute Gasteiger partial charge is 0.352 e. The fourth-order valence-corrected chi connectivity index (χ4v) is 4.90. The highest BCUT2D eigenvalue weighted by atomic mass is 32.2. The summed E-state index contributed by atoms with van der Waals surface area (Å²) in [6.07, 6.45) is 2.26. The van der Waals surface area contributed by atoms with Crippen molar-refractivity contribution in [2.45, 2.75) is 30.7 Å². The molecule has 1 fully saturated rings. The third-order valence-corrected chi connectivity index (χ3v) is 6.97. The van der Waals surface area contributed by atoms with Crippen LogP contribution in [0.25, 0.3) is 0 Å². The molecular formula is C24H22F3N3O4S. The molecule has 7 nitrogen and oxygen atoms in total. The molecule has 2 heterocycles. The zero-order valence-electron chi connectivity index (χ0n) is 18.6. The maximum Gasteiger partial charge on any atom is 0.312 e. The minimum absolute atomic E-state index is 0.0288. The summed E-state index contributed by atoms with van der Waals surface area (Å²) in [6, 6.07) is 8.99. The van der Waals surface area contributed by atoms with E-state index in [9.17, 15) is 30.9 Å². The van der Waals surface area contributed by atoms with Gasteiger partial charge in [0.1, 0.15) is 17.5 Å². The van der Waals surface area contributed by atoms with E-state index in [1.54, 1.807) is 17.0 Å². The zero-order valence-corrected chi connectivity index (χ0v) is 19.4. The van der Waals surface area contributed by atoms with E-state index >= 15 is 0 Å². The number of nitrogens with one attached hydrogen (secondary N) is 1. The molecular weight excluding hydrogens is 483 g/mol. The summed E-state index contributed by atoms with van der Waals surface area (Å²) >= 11 is 0. The zero-order chi connectivity index (χ0) is 25.3. The molecule has 4 rings (SSSR count). The molecule has 0 unspecified atom stereocenters. The molecule has 0 radical (unpaired) electrons. The van der Waals surface area contributed by atoms with Gasteiger partial charge in [-0.3, -0.25) is 9.35 Å². The molecule has 0 atom stereocenters. The Morgan fingerprint density at radius 3 is 2.29 bits per heavy atom. The standard InChI is InChI=1S/C24H22F3N3O4S/c1-14-22(29-21-7-6-18(26)12-20(21)27)19(13-28-23(14)35(32,33)34)24(31)30-10-8-16(9-11-30)15-2-4-17(25)5-3-15/h2-7,12-13,16H,8-11H2,1H3,(H,28,29)(H,32,33,34). The Balaban J connectivity index is 1.63. The molecule has 3 aromatic rings.